The lowest BCUT2D eigenvalue weighted by molar-refractivity contribution is 0.220. The minimum atomic E-state index is 0. The van der Waals surface area contributed by atoms with Gasteiger partial charge in [0.2, 0.25) is 5.75 Å². The lowest BCUT2D eigenvalue weighted by atomic mass is 9.87. The van der Waals surface area contributed by atoms with Crippen molar-refractivity contribution >= 4 is 12.4 Å². The summed E-state index contributed by atoms with van der Waals surface area (Å²) in [6, 6.07) is 21.2. The zero-order valence-corrected chi connectivity index (χ0v) is 28.7. The first kappa shape index (κ1) is 32.8. The fourth-order valence-electron chi connectivity index (χ4n) is 7.28. The molecule has 0 aliphatic carbocycles. The van der Waals surface area contributed by atoms with E-state index in [1.54, 1.807) is 28.4 Å². The van der Waals surface area contributed by atoms with Crippen LogP contribution < -0.4 is 28.4 Å². The number of likely N-dealkylation sites (N-methyl/N-ethyl adjacent to an activating group) is 2. The second-order valence-electron chi connectivity index (χ2n) is 12.5. The second-order valence-corrected chi connectivity index (χ2v) is 12.5. The van der Waals surface area contributed by atoms with Crippen LogP contribution in [0.15, 0.2) is 60.7 Å². The molecule has 248 valence electrons. The highest BCUT2D eigenvalue weighted by molar-refractivity contribution is 5.85. The number of methoxy groups -OCH3 is 4. The van der Waals surface area contributed by atoms with Gasteiger partial charge >= 0.3 is 0 Å². The molecule has 0 N–H and O–H groups in total. The highest BCUT2D eigenvalue weighted by atomic mass is 35.5. The maximum atomic E-state index is 7.03. The molecule has 8 nitrogen and oxygen atoms in total. The summed E-state index contributed by atoms with van der Waals surface area (Å²) in [4.78, 5) is 4.81. The van der Waals surface area contributed by atoms with Gasteiger partial charge in [0, 0.05) is 30.7 Å². The maximum absolute atomic E-state index is 7.03. The minimum absolute atomic E-state index is 0. The van der Waals surface area contributed by atoms with Crippen molar-refractivity contribution in [3.05, 3.63) is 94.0 Å². The molecule has 4 heterocycles. The molecule has 0 radical (unpaired) electrons. The fraction of sp³-hybridized carbons (Fsp3) is 0.368. The average Bonchev–Trinajstić information content (AvgIpc) is 3.07. The molecule has 0 fully saturated rings. The molecule has 0 unspecified atom stereocenters. The molecule has 0 saturated carbocycles. The van der Waals surface area contributed by atoms with E-state index in [9.17, 15) is 0 Å². The third-order valence-electron chi connectivity index (χ3n) is 9.85. The van der Waals surface area contributed by atoms with Gasteiger partial charge in [0.15, 0.2) is 34.5 Å². The second kappa shape index (κ2) is 13.6. The zero-order chi connectivity index (χ0) is 31.9. The smallest absolute Gasteiger partial charge is 0.204 e. The largest absolute Gasteiger partial charge is 0.493 e. The van der Waals surface area contributed by atoms with Crippen LogP contribution in [0, 0.1) is 0 Å². The van der Waals surface area contributed by atoms with Crippen LogP contribution in [0.5, 0.6) is 46.0 Å². The Bertz CT molecular complexity index is 1760. The maximum Gasteiger partial charge on any atom is 0.204 e. The van der Waals surface area contributed by atoms with Crippen molar-refractivity contribution in [2.24, 2.45) is 0 Å². The Balaban J connectivity index is 0.00000386. The van der Waals surface area contributed by atoms with Crippen LogP contribution in [0.25, 0.3) is 0 Å². The van der Waals surface area contributed by atoms with Crippen LogP contribution in [0.3, 0.4) is 0 Å². The average molecular weight is 659 g/mol. The number of ether oxygens (including phenoxy) is 6. The SMILES string of the molecule is COc1ccc2cc1Oc1ccc(cc1)C[C@H]1c3cc(c(OC)cc3CCN1C)Oc1c(OC)c(OC)cc3c1[C@H](C2)N(C)CC3.Cl. The first-order valence-corrected chi connectivity index (χ1v) is 15.9. The molecule has 2 atom stereocenters. The molecule has 0 amide bonds. The van der Waals surface area contributed by atoms with Crippen molar-refractivity contribution in [3.63, 3.8) is 0 Å². The Morgan fingerprint density at radius 2 is 1.23 bits per heavy atom. The first-order valence-electron chi connectivity index (χ1n) is 15.9. The summed E-state index contributed by atoms with van der Waals surface area (Å²) in [6.07, 6.45) is 3.37. The van der Waals surface area contributed by atoms with Gasteiger partial charge in [0.25, 0.3) is 0 Å². The summed E-state index contributed by atoms with van der Waals surface area (Å²) >= 11 is 0. The molecule has 4 aliphatic heterocycles. The number of halogens is 1. The van der Waals surface area contributed by atoms with E-state index in [-0.39, 0.29) is 24.5 Å². The third kappa shape index (κ3) is 6.06. The lowest BCUT2D eigenvalue weighted by Crippen LogP contribution is -2.34. The van der Waals surface area contributed by atoms with Gasteiger partial charge in [-0.05, 0) is 110 Å². The summed E-state index contributed by atoms with van der Waals surface area (Å²) in [5, 5.41) is 0. The minimum Gasteiger partial charge on any atom is -0.493 e. The van der Waals surface area contributed by atoms with Gasteiger partial charge < -0.3 is 28.4 Å². The first-order chi connectivity index (χ1) is 22.4. The van der Waals surface area contributed by atoms with Gasteiger partial charge in [-0.15, -0.1) is 12.4 Å². The quantitative estimate of drug-likeness (QED) is 0.222. The Morgan fingerprint density at radius 1 is 0.617 bits per heavy atom. The normalized spacial score (nSPS) is 18.8. The lowest BCUT2D eigenvalue weighted by Gasteiger charge is -2.37. The van der Waals surface area contributed by atoms with Crippen molar-refractivity contribution in [1.29, 1.82) is 0 Å². The molecule has 6 bridgehead atoms. The molecule has 0 spiro atoms. The molecule has 9 heteroatoms. The monoisotopic (exact) mass is 658 g/mol. The molecule has 4 aromatic carbocycles. The number of hydrogen-bond acceptors (Lipinski definition) is 8. The molecule has 4 aromatic rings. The number of hydrogen-bond donors (Lipinski definition) is 0. The standard InChI is InChI=1S/C38H42N2O6.ClH/c1-39-15-13-25-20-32(42-4)34-22-28(25)29(39)17-23-7-10-27(11-8-23)45-33-19-24(9-12-31(33)41-3)18-30-36-26(14-16-40(30)2)21-35(43-5)37(44-6)38(36)46-34;/h7-12,19-22,29-30H,13-18H2,1-6H3;1H/t29-,30-;/m0./s1. The molecule has 4 aliphatic rings. The summed E-state index contributed by atoms with van der Waals surface area (Å²) in [7, 11) is 11.1. The molecule has 47 heavy (non-hydrogen) atoms. The van der Waals surface area contributed by atoms with Crippen LogP contribution in [0.2, 0.25) is 0 Å². The van der Waals surface area contributed by atoms with Gasteiger partial charge in [-0.2, -0.15) is 0 Å². The van der Waals surface area contributed by atoms with Crippen molar-refractivity contribution < 1.29 is 28.4 Å². The molecule has 8 rings (SSSR count). The molecule has 0 aromatic heterocycles. The molecule has 0 saturated heterocycles. The number of fused-ring (bicyclic) bond motifs is 2. The van der Waals surface area contributed by atoms with E-state index < -0.39 is 0 Å². The van der Waals surface area contributed by atoms with Gasteiger partial charge in [0.1, 0.15) is 5.75 Å². The van der Waals surface area contributed by atoms with Crippen molar-refractivity contribution in [2.45, 2.75) is 37.8 Å². The Labute approximate surface area is 283 Å². The van der Waals surface area contributed by atoms with Gasteiger partial charge in [-0.3, -0.25) is 9.80 Å². The predicted molar refractivity (Wildman–Crippen MR) is 185 cm³/mol. The third-order valence-corrected chi connectivity index (χ3v) is 9.85. The Kier molecular flexibility index (Phi) is 9.46. The van der Waals surface area contributed by atoms with E-state index in [0.29, 0.717) is 40.2 Å². The van der Waals surface area contributed by atoms with E-state index >= 15 is 0 Å². The fourth-order valence-corrected chi connectivity index (χ4v) is 7.28. The van der Waals surface area contributed by atoms with Crippen molar-refractivity contribution in [3.8, 4) is 46.0 Å². The van der Waals surface area contributed by atoms with Crippen LogP contribution >= 0.6 is 12.4 Å². The van der Waals surface area contributed by atoms with Gasteiger partial charge in [-0.1, -0.05) is 18.2 Å². The summed E-state index contributed by atoms with van der Waals surface area (Å²) in [5.41, 5.74) is 7.15. The summed E-state index contributed by atoms with van der Waals surface area (Å²) in [6.45, 7) is 1.86. The Hall–Kier alpha value is -4.11. The van der Waals surface area contributed by atoms with Crippen LogP contribution in [-0.2, 0) is 25.7 Å². The van der Waals surface area contributed by atoms with E-state index in [0.717, 1.165) is 55.6 Å². The van der Waals surface area contributed by atoms with E-state index in [1.165, 1.54) is 22.3 Å². The highest BCUT2D eigenvalue weighted by Gasteiger charge is 2.34. The van der Waals surface area contributed by atoms with Gasteiger partial charge in [-0.25, -0.2) is 0 Å². The predicted octanol–water partition coefficient (Wildman–Crippen LogP) is 7.58. The van der Waals surface area contributed by atoms with Crippen molar-refractivity contribution in [2.75, 3.05) is 55.6 Å². The van der Waals surface area contributed by atoms with Crippen molar-refractivity contribution in [1.82, 2.24) is 9.80 Å². The molecular formula is C38H43ClN2O6. The van der Waals surface area contributed by atoms with Crippen LogP contribution in [-0.4, -0.2) is 65.4 Å². The number of rotatable bonds is 4. The molecular weight excluding hydrogens is 616 g/mol. The van der Waals surface area contributed by atoms with E-state index in [4.69, 9.17) is 28.4 Å². The van der Waals surface area contributed by atoms with Crippen LogP contribution in [0.1, 0.15) is 45.5 Å². The zero-order valence-electron chi connectivity index (χ0n) is 27.9. The van der Waals surface area contributed by atoms with Crippen LogP contribution in [0.4, 0.5) is 0 Å². The summed E-state index contributed by atoms with van der Waals surface area (Å²) in [5.74, 6) is 5.41. The topological polar surface area (TPSA) is 61.9 Å². The van der Waals surface area contributed by atoms with E-state index in [1.807, 2.05) is 18.2 Å². The summed E-state index contributed by atoms with van der Waals surface area (Å²) < 4.78 is 37.1. The highest BCUT2D eigenvalue weighted by Crippen LogP contribution is 2.52. The number of benzene rings is 4. The van der Waals surface area contributed by atoms with E-state index in [2.05, 4.69) is 66.4 Å². The van der Waals surface area contributed by atoms with Gasteiger partial charge in [0.05, 0.1) is 28.4 Å². The Morgan fingerprint density at radius 3 is 1.94 bits per heavy atom. The number of nitrogens with zero attached hydrogens (tertiary/aromatic N) is 2.